The summed E-state index contributed by atoms with van der Waals surface area (Å²) in [4.78, 5) is 33.2. The van der Waals surface area contributed by atoms with Crippen LogP contribution in [0.15, 0.2) is 36.5 Å². The van der Waals surface area contributed by atoms with Crippen LogP contribution in [-0.2, 0) is 9.59 Å². The molecule has 2 aromatic rings. The molecule has 0 radical (unpaired) electrons. The molecule has 1 saturated heterocycles. The number of para-hydroxylation sites is 1. The minimum atomic E-state index is -0.192. The predicted molar refractivity (Wildman–Crippen MR) is 116 cm³/mol. The number of likely N-dealkylation sites (N-methyl/N-ethyl adjacent to an activating group) is 1. The molecule has 7 nitrogen and oxygen atoms in total. The van der Waals surface area contributed by atoms with E-state index < -0.39 is 0 Å². The molecule has 2 amide bonds. The Kier molecular flexibility index (Phi) is 6.68. The third-order valence-corrected chi connectivity index (χ3v) is 5.55. The van der Waals surface area contributed by atoms with Gasteiger partial charge in [0.1, 0.15) is 11.9 Å². The number of carbonyl (C=O) groups excluding carboxylic acids is 2. The van der Waals surface area contributed by atoms with E-state index >= 15 is 0 Å². The van der Waals surface area contributed by atoms with E-state index in [2.05, 4.69) is 21.3 Å². The van der Waals surface area contributed by atoms with Gasteiger partial charge in [-0.25, -0.2) is 4.98 Å². The molecule has 156 valence electrons. The standard InChI is InChI=1S/C23H27N5O2/c1-16-5-4-6-17(2)22(16)26-21(29)15-27(3)23(30)19-9-11-28(12-10-19)20-8-7-18(13-24)14-25-20/h4-8,14,19H,9-12,15H2,1-3H3,(H,26,29). The highest BCUT2D eigenvalue weighted by Crippen LogP contribution is 2.24. The molecule has 0 unspecified atom stereocenters. The van der Waals surface area contributed by atoms with Gasteiger partial charge in [0.2, 0.25) is 11.8 Å². The van der Waals surface area contributed by atoms with Crippen molar-refractivity contribution in [2.24, 2.45) is 5.92 Å². The summed E-state index contributed by atoms with van der Waals surface area (Å²) in [7, 11) is 1.68. The fraction of sp³-hybridized carbons (Fsp3) is 0.391. The van der Waals surface area contributed by atoms with E-state index in [9.17, 15) is 9.59 Å². The van der Waals surface area contributed by atoms with Gasteiger partial charge >= 0.3 is 0 Å². The summed E-state index contributed by atoms with van der Waals surface area (Å²) < 4.78 is 0. The van der Waals surface area contributed by atoms with Crippen LogP contribution in [-0.4, -0.2) is 48.4 Å². The second-order valence-corrected chi connectivity index (χ2v) is 7.79. The number of rotatable bonds is 5. The van der Waals surface area contributed by atoms with E-state index in [1.54, 1.807) is 19.3 Å². The molecule has 0 spiro atoms. The van der Waals surface area contributed by atoms with Crippen LogP contribution >= 0.6 is 0 Å². The van der Waals surface area contributed by atoms with Crippen LogP contribution in [0.25, 0.3) is 0 Å². The number of nitrogens with zero attached hydrogens (tertiary/aromatic N) is 4. The van der Waals surface area contributed by atoms with Gasteiger partial charge in [-0.2, -0.15) is 5.26 Å². The van der Waals surface area contributed by atoms with Crippen LogP contribution in [0.2, 0.25) is 0 Å². The van der Waals surface area contributed by atoms with Crippen molar-refractivity contribution in [1.82, 2.24) is 9.88 Å². The highest BCUT2D eigenvalue weighted by molar-refractivity contribution is 5.96. The molecule has 1 aromatic carbocycles. The van der Waals surface area contributed by atoms with Gasteiger partial charge < -0.3 is 15.1 Å². The first kappa shape index (κ1) is 21.3. The third-order valence-electron chi connectivity index (χ3n) is 5.55. The van der Waals surface area contributed by atoms with Gasteiger partial charge in [-0.05, 0) is 49.9 Å². The van der Waals surface area contributed by atoms with Crippen molar-refractivity contribution < 1.29 is 9.59 Å². The molecule has 0 aliphatic carbocycles. The molecular weight excluding hydrogens is 378 g/mol. The molecule has 1 N–H and O–H groups in total. The number of benzene rings is 1. The predicted octanol–water partition coefficient (Wildman–Crippen LogP) is 2.88. The second-order valence-electron chi connectivity index (χ2n) is 7.79. The Bertz CT molecular complexity index is 936. The van der Waals surface area contributed by atoms with Crippen molar-refractivity contribution >= 4 is 23.3 Å². The maximum atomic E-state index is 12.8. The molecule has 1 fully saturated rings. The number of pyridine rings is 1. The molecule has 30 heavy (non-hydrogen) atoms. The monoisotopic (exact) mass is 405 g/mol. The van der Waals surface area contributed by atoms with Crippen LogP contribution in [0, 0.1) is 31.1 Å². The Morgan fingerprint density at radius 3 is 2.43 bits per heavy atom. The van der Waals surface area contributed by atoms with Gasteiger partial charge in [0.15, 0.2) is 0 Å². The maximum absolute atomic E-state index is 12.8. The summed E-state index contributed by atoms with van der Waals surface area (Å²) in [5, 5.41) is 11.8. The average Bonchev–Trinajstić information content (AvgIpc) is 2.76. The number of anilines is 2. The van der Waals surface area contributed by atoms with Crippen LogP contribution < -0.4 is 10.2 Å². The topological polar surface area (TPSA) is 89.3 Å². The number of nitriles is 1. The summed E-state index contributed by atoms with van der Waals surface area (Å²) in [5.41, 5.74) is 3.35. The zero-order valence-electron chi connectivity index (χ0n) is 17.7. The number of hydrogen-bond acceptors (Lipinski definition) is 5. The van der Waals surface area contributed by atoms with Crippen molar-refractivity contribution in [3.8, 4) is 6.07 Å². The van der Waals surface area contributed by atoms with E-state index in [-0.39, 0.29) is 24.3 Å². The molecule has 3 rings (SSSR count). The van der Waals surface area contributed by atoms with E-state index in [1.807, 2.05) is 38.1 Å². The van der Waals surface area contributed by atoms with Crippen molar-refractivity contribution in [3.05, 3.63) is 53.2 Å². The number of aromatic nitrogens is 1. The number of hydrogen-bond donors (Lipinski definition) is 1. The molecule has 0 atom stereocenters. The molecular formula is C23H27N5O2. The van der Waals surface area contributed by atoms with Gasteiger partial charge in [-0.15, -0.1) is 0 Å². The lowest BCUT2D eigenvalue weighted by Gasteiger charge is -2.33. The second kappa shape index (κ2) is 9.40. The minimum absolute atomic E-state index is 0.000840. The van der Waals surface area contributed by atoms with Crippen LogP contribution in [0.4, 0.5) is 11.5 Å². The van der Waals surface area contributed by atoms with Crippen molar-refractivity contribution in [2.45, 2.75) is 26.7 Å². The lowest BCUT2D eigenvalue weighted by atomic mass is 9.95. The summed E-state index contributed by atoms with van der Waals surface area (Å²) in [6.07, 6.45) is 2.99. The van der Waals surface area contributed by atoms with Gasteiger partial charge in [0.25, 0.3) is 0 Å². The third kappa shape index (κ3) is 4.95. The molecule has 0 saturated carbocycles. The van der Waals surface area contributed by atoms with Crippen molar-refractivity contribution in [3.63, 3.8) is 0 Å². The Morgan fingerprint density at radius 2 is 1.87 bits per heavy atom. The first-order chi connectivity index (χ1) is 14.4. The largest absolute Gasteiger partial charge is 0.357 e. The van der Waals surface area contributed by atoms with Crippen LogP contribution in [0.1, 0.15) is 29.5 Å². The number of piperidine rings is 1. The molecule has 1 aromatic heterocycles. The van der Waals surface area contributed by atoms with Crippen molar-refractivity contribution in [1.29, 1.82) is 5.26 Å². The number of carbonyl (C=O) groups is 2. The first-order valence-corrected chi connectivity index (χ1v) is 10.1. The molecule has 1 aliphatic rings. The Morgan fingerprint density at radius 1 is 1.20 bits per heavy atom. The molecule has 0 bridgehead atoms. The molecule has 2 heterocycles. The normalized spacial score (nSPS) is 14.1. The number of aryl methyl sites for hydroxylation is 2. The van der Waals surface area contributed by atoms with Gasteiger partial charge in [0.05, 0.1) is 12.1 Å². The lowest BCUT2D eigenvalue weighted by Crippen LogP contribution is -2.43. The zero-order chi connectivity index (χ0) is 21.7. The van der Waals surface area contributed by atoms with E-state index in [4.69, 9.17) is 5.26 Å². The molecule has 1 aliphatic heterocycles. The van der Waals surface area contributed by atoms with Gasteiger partial charge in [-0.1, -0.05) is 18.2 Å². The van der Waals surface area contributed by atoms with E-state index in [0.29, 0.717) is 18.4 Å². The SMILES string of the molecule is Cc1cccc(C)c1NC(=O)CN(C)C(=O)C1CCN(c2ccc(C#N)cn2)CC1. The Balaban J connectivity index is 1.51. The summed E-state index contributed by atoms with van der Waals surface area (Å²) in [6.45, 7) is 5.38. The fourth-order valence-corrected chi connectivity index (χ4v) is 3.79. The highest BCUT2D eigenvalue weighted by Gasteiger charge is 2.28. The fourth-order valence-electron chi connectivity index (χ4n) is 3.79. The smallest absolute Gasteiger partial charge is 0.243 e. The number of nitrogens with one attached hydrogen (secondary N) is 1. The lowest BCUT2D eigenvalue weighted by molar-refractivity contribution is -0.137. The highest BCUT2D eigenvalue weighted by atomic mass is 16.2. The van der Waals surface area contributed by atoms with Crippen LogP contribution in [0.5, 0.6) is 0 Å². The maximum Gasteiger partial charge on any atom is 0.243 e. The summed E-state index contributed by atoms with van der Waals surface area (Å²) in [5.74, 6) is 0.528. The minimum Gasteiger partial charge on any atom is -0.357 e. The summed E-state index contributed by atoms with van der Waals surface area (Å²) in [6, 6.07) is 11.5. The average molecular weight is 406 g/mol. The Hall–Kier alpha value is -3.40. The Labute approximate surface area is 177 Å². The van der Waals surface area contributed by atoms with Crippen LogP contribution in [0.3, 0.4) is 0 Å². The van der Waals surface area contributed by atoms with Gasteiger partial charge in [-0.3, -0.25) is 9.59 Å². The van der Waals surface area contributed by atoms with E-state index in [0.717, 1.165) is 35.7 Å². The molecule has 7 heteroatoms. The first-order valence-electron chi connectivity index (χ1n) is 10.1. The van der Waals surface area contributed by atoms with Gasteiger partial charge in [0, 0.05) is 37.9 Å². The quantitative estimate of drug-likeness (QED) is 0.826. The number of amides is 2. The van der Waals surface area contributed by atoms with E-state index in [1.165, 1.54) is 4.90 Å². The zero-order valence-corrected chi connectivity index (χ0v) is 17.7. The van der Waals surface area contributed by atoms with Crippen molar-refractivity contribution in [2.75, 3.05) is 36.9 Å². The summed E-state index contributed by atoms with van der Waals surface area (Å²) >= 11 is 0.